The number of methoxy groups -OCH3 is 1. The predicted octanol–water partition coefficient (Wildman–Crippen LogP) is 4.99. The van der Waals surface area contributed by atoms with Crippen LogP contribution in [0, 0.1) is 5.41 Å². The second-order valence-electron chi connectivity index (χ2n) is 9.23. The Kier molecular flexibility index (Phi) is 6.63. The molecule has 1 atom stereocenters. The number of hydrogen-bond donors (Lipinski definition) is 1. The van der Waals surface area contributed by atoms with Gasteiger partial charge in [0, 0.05) is 11.0 Å². The molecule has 1 N–H and O–H groups in total. The van der Waals surface area contributed by atoms with E-state index >= 15 is 0 Å². The molecule has 3 rings (SSSR count). The molecule has 2 aromatic carbocycles. The Morgan fingerprint density at radius 2 is 1.81 bits per heavy atom. The van der Waals surface area contributed by atoms with Gasteiger partial charge >= 0.3 is 0 Å². The fraction of sp³-hybridized carbons (Fsp3) is 0.385. The van der Waals surface area contributed by atoms with E-state index in [-0.39, 0.29) is 24.0 Å². The summed E-state index contributed by atoms with van der Waals surface area (Å²) < 4.78 is 11.3. The van der Waals surface area contributed by atoms with Crippen LogP contribution < -0.4 is 9.47 Å². The number of carbonyl (C=O) groups excluding carboxylic acids is 2. The third kappa shape index (κ3) is 4.64. The quantitative estimate of drug-likeness (QED) is 0.660. The second-order valence-corrected chi connectivity index (χ2v) is 9.23. The minimum Gasteiger partial charge on any atom is -0.503 e. The smallest absolute Gasteiger partial charge is 0.290 e. The molecule has 6 heteroatoms. The van der Waals surface area contributed by atoms with Crippen molar-refractivity contribution in [2.24, 2.45) is 5.41 Å². The maximum atomic E-state index is 13.3. The van der Waals surface area contributed by atoms with Crippen molar-refractivity contribution in [3.63, 3.8) is 0 Å². The number of amides is 1. The number of hydrogen-bond acceptors (Lipinski definition) is 5. The Balaban J connectivity index is 2.12. The molecule has 1 aliphatic heterocycles. The fourth-order valence-electron chi connectivity index (χ4n) is 3.85. The Morgan fingerprint density at radius 1 is 1.12 bits per heavy atom. The summed E-state index contributed by atoms with van der Waals surface area (Å²) in [5.41, 5.74) is 0.816. The van der Waals surface area contributed by atoms with Gasteiger partial charge in [-0.05, 0) is 37.6 Å². The molecule has 1 unspecified atom stereocenters. The number of ether oxygens (including phenoxy) is 2. The third-order valence-corrected chi connectivity index (χ3v) is 5.31. The topological polar surface area (TPSA) is 76.1 Å². The molecule has 1 amide bonds. The summed E-state index contributed by atoms with van der Waals surface area (Å²) in [6, 6.07) is 14.0. The highest BCUT2D eigenvalue weighted by Gasteiger charge is 2.46. The summed E-state index contributed by atoms with van der Waals surface area (Å²) in [5.74, 6) is -0.0862. The number of benzene rings is 2. The Bertz CT molecular complexity index is 1050. The van der Waals surface area contributed by atoms with Crippen molar-refractivity contribution in [2.45, 2.75) is 53.3 Å². The minimum atomic E-state index is -0.770. The zero-order valence-corrected chi connectivity index (χ0v) is 19.5. The summed E-state index contributed by atoms with van der Waals surface area (Å²) >= 11 is 0. The number of aliphatic hydroxyl groups is 1. The van der Waals surface area contributed by atoms with Gasteiger partial charge in [-0.25, -0.2) is 0 Å². The van der Waals surface area contributed by atoms with Crippen molar-refractivity contribution in [1.82, 2.24) is 4.90 Å². The third-order valence-electron chi connectivity index (χ3n) is 5.31. The highest BCUT2D eigenvalue weighted by Crippen LogP contribution is 2.43. The SMILES string of the molecule is COc1ccccc1CN1C(=O)C(O)=C(C(=O)C(C)(C)C)C1c1cccc(OC(C)C)c1. The maximum Gasteiger partial charge on any atom is 0.290 e. The molecular weight excluding hydrogens is 406 g/mol. The number of nitrogens with zero attached hydrogens (tertiary/aromatic N) is 1. The van der Waals surface area contributed by atoms with Crippen molar-refractivity contribution in [3.05, 3.63) is 71.0 Å². The van der Waals surface area contributed by atoms with Gasteiger partial charge < -0.3 is 19.5 Å². The number of ketones is 1. The molecule has 0 aliphatic carbocycles. The molecule has 32 heavy (non-hydrogen) atoms. The van der Waals surface area contributed by atoms with Gasteiger partial charge in [-0.2, -0.15) is 0 Å². The van der Waals surface area contributed by atoms with Crippen LogP contribution in [0.15, 0.2) is 59.9 Å². The van der Waals surface area contributed by atoms with E-state index in [0.717, 1.165) is 5.56 Å². The van der Waals surface area contributed by atoms with Crippen LogP contribution in [0.2, 0.25) is 0 Å². The first-order valence-corrected chi connectivity index (χ1v) is 10.7. The van der Waals surface area contributed by atoms with E-state index in [1.54, 1.807) is 27.9 Å². The van der Waals surface area contributed by atoms with Gasteiger partial charge in [-0.1, -0.05) is 51.1 Å². The molecule has 0 radical (unpaired) electrons. The van der Waals surface area contributed by atoms with Crippen LogP contribution in [0.1, 0.15) is 51.8 Å². The summed E-state index contributed by atoms with van der Waals surface area (Å²) in [7, 11) is 1.57. The van der Waals surface area contributed by atoms with Gasteiger partial charge in [0.2, 0.25) is 0 Å². The molecule has 2 aromatic rings. The second kappa shape index (κ2) is 9.07. The molecule has 1 heterocycles. The van der Waals surface area contributed by atoms with E-state index in [0.29, 0.717) is 17.1 Å². The molecule has 0 saturated heterocycles. The Labute approximate surface area is 189 Å². The van der Waals surface area contributed by atoms with Crippen LogP contribution in [-0.4, -0.2) is 34.9 Å². The fourth-order valence-corrected chi connectivity index (χ4v) is 3.85. The van der Waals surface area contributed by atoms with Crippen LogP contribution in [0.3, 0.4) is 0 Å². The minimum absolute atomic E-state index is 0.0280. The normalized spacial score (nSPS) is 16.7. The van der Waals surface area contributed by atoms with Crippen molar-refractivity contribution in [2.75, 3.05) is 7.11 Å². The van der Waals surface area contributed by atoms with Crippen molar-refractivity contribution in [3.8, 4) is 11.5 Å². The number of rotatable bonds is 7. The monoisotopic (exact) mass is 437 g/mol. The van der Waals surface area contributed by atoms with Crippen LogP contribution in [-0.2, 0) is 16.1 Å². The van der Waals surface area contributed by atoms with Crippen molar-refractivity contribution in [1.29, 1.82) is 0 Å². The van der Waals surface area contributed by atoms with E-state index in [9.17, 15) is 14.7 Å². The Hall–Kier alpha value is -3.28. The largest absolute Gasteiger partial charge is 0.503 e. The number of aliphatic hydroxyl groups excluding tert-OH is 1. The van der Waals surface area contributed by atoms with E-state index in [1.165, 1.54) is 4.90 Å². The maximum absolute atomic E-state index is 13.3. The standard InChI is InChI=1S/C26H31NO5/c1-16(2)32-19-12-9-11-17(14-19)22-21(24(29)26(3,4)5)23(28)25(30)27(22)15-18-10-7-8-13-20(18)31-6/h7-14,16,22,28H,15H2,1-6H3. The van der Waals surface area contributed by atoms with Gasteiger partial charge in [-0.15, -0.1) is 0 Å². The molecule has 6 nitrogen and oxygen atoms in total. The van der Waals surface area contributed by atoms with Crippen molar-refractivity contribution >= 4 is 11.7 Å². The summed E-state index contributed by atoms with van der Waals surface area (Å²) in [6.45, 7) is 9.36. The summed E-state index contributed by atoms with van der Waals surface area (Å²) in [6.07, 6.45) is -0.0280. The van der Waals surface area contributed by atoms with Crippen LogP contribution in [0.4, 0.5) is 0 Å². The lowest BCUT2D eigenvalue weighted by atomic mass is 9.82. The summed E-state index contributed by atoms with van der Waals surface area (Å²) in [5, 5.41) is 10.8. The van der Waals surface area contributed by atoms with Crippen molar-refractivity contribution < 1.29 is 24.2 Å². The van der Waals surface area contributed by atoms with Crippen LogP contribution >= 0.6 is 0 Å². The highest BCUT2D eigenvalue weighted by molar-refractivity contribution is 6.10. The first-order chi connectivity index (χ1) is 15.0. The number of Topliss-reactive ketones (excluding diaryl/α,β-unsaturated/α-hetero) is 1. The molecular formula is C26H31NO5. The lowest BCUT2D eigenvalue weighted by molar-refractivity contribution is -0.130. The molecule has 0 saturated carbocycles. The molecule has 1 aliphatic rings. The van der Waals surface area contributed by atoms with Crippen LogP contribution in [0.5, 0.6) is 11.5 Å². The van der Waals surface area contributed by atoms with E-state index in [1.807, 2.05) is 62.4 Å². The average molecular weight is 438 g/mol. The molecule has 0 aromatic heterocycles. The van der Waals surface area contributed by atoms with E-state index < -0.39 is 23.1 Å². The zero-order valence-electron chi connectivity index (χ0n) is 19.5. The average Bonchev–Trinajstić information content (AvgIpc) is 2.97. The van der Waals surface area contributed by atoms with Gasteiger partial charge in [0.1, 0.15) is 11.5 Å². The van der Waals surface area contributed by atoms with E-state index in [4.69, 9.17) is 9.47 Å². The first kappa shape index (κ1) is 23.4. The highest BCUT2D eigenvalue weighted by atomic mass is 16.5. The number of para-hydroxylation sites is 1. The predicted molar refractivity (Wildman–Crippen MR) is 123 cm³/mol. The molecule has 0 fully saturated rings. The molecule has 0 spiro atoms. The van der Waals surface area contributed by atoms with Gasteiger partial charge in [0.05, 0.1) is 31.4 Å². The lowest BCUT2D eigenvalue weighted by Crippen LogP contribution is -2.32. The molecule has 0 bridgehead atoms. The van der Waals surface area contributed by atoms with E-state index in [2.05, 4.69) is 0 Å². The van der Waals surface area contributed by atoms with Gasteiger partial charge in [0.15, 0.2) is 11.5 Å². The number of carbonyl (C=O) groups is 2. The van der Waals surface area contributed by atoms with Gasteiger partial charge in [-0.3, -0.25) is 9.59 Å². The van der Waals surface area contributed by atoms with Gasteiger partial charge in [0.25, 0.3) is 5.91 Å². The first-order valence-electron chi connectivity index (χ1n) is 10.7. The zero-order chi connectivity index (χ0) is 23.6. The lowest BCUT2D eigenvalue weighted by Gasteiger charge is -2.29. The van der Waals surface area contributed by atoms with Crippen LogP contribution in [0.25, 0.3) is 0 Å². The molecule has 170 valence electrons. The Morgan fingerprint density at radius 3 is 2.44 bits per heavy atom. The summed E-state index contributed by atoms with van der Waals surface area (Å²) in [4.78, 5) is 28.0.